The van der Waals surface area contributed by atoms with Gasteiger partial charge in [-0.2, -0.15) is 25.3 Å². The van der Waals surface area contributed by atoms with Crippen LogP contribution in [0.4, 0.5) is 0 Å². The number of rotatable bonds is 59. The molecule has 0 unspecified atom stereocenters. The van der Waals surface area contributed by atoms with Crippen molar-refractivity contribution in [3.8, 4) is 5.75 Å². The highest BCUT2D eigenvalue weighted by molar-refractivity contribution is 7.80. The van der Waals surface area contributed by atoms with E-state index < -0.39 is 248 Å². The fourth-order valence-electron chi connectivity index (χ4n) is 13.0. The molecule has 13 atom stereocenters. The van der Waals surface area contributed by atoms with E-state index in [9.17, 15) is 86.9 Å². The standard InChI is InChI=1S/C80H117N25O21S2/c1-41(106)67(105-73(119)55(23-25-63(84)110)99-77(123)60(39-127)94-42(2)107)79(125)103-58(33-45-36-92-50-14-6-4-12-48(45)50)76(122)98-54(22-24-62(83)109)72(118)104-61(40-128)78(124)100-56(31-43-18-20-46(108)21-19-43)74(120)101-57(32-44-35-91-49-13-5-3-11-47(44)49)75(121)97-53(17-10-28-90-80(87)88)70(116)96-52(16-9-27-82)71(117)102-59(34-64(85)111)69(115)93-37-65(112)89-29-30-126-38-66(113)95-51(68(86)114)15-7-8-26-81/h3-6,11-14,18-21,35-36,41,51-61,67,91-92,106,108,127-128H,7-10,15-17,22-34,37-40,81-82H2,1-2H3,(H2,83,109)(H2,84,110)(H2,85,111)(H2,86,114)(H,89,112)(H,93,115)(H,94,107)(H,95,113)(H,96,116)(H,97,121)(H,98,122)(H,99,123)(H,100,124)(H,101,120)(H,102,117)(H,103,125)(H,104,118)(H,105,119)(H4,87,88,90)/t41-,51-,52+,53+,54+,55+,56+,57+,58+,59+,60+,61+,67+/m1/s1. The van der Waals surface area contributed by atoms with E-state index in [-0.39, 0.29) is 82.7 Å². The van der Waals surface area contributed by atoms with Crippen molar-refractivity contribution < 1.29 is 101 Å². The maximum absolute atomic E-state index is 15.3. The normalized spacial score (nSPS) is 14.1. The molecule has 18 amide bonds. The number of aromatic amines is 2. The van der Waals surface area contributed by atoms with Gasteiger partial charge in [-0.15, -0.1) is 0 Å². The lowest BCUT2D eigenvalue weighted by molar-refractivity contribution is -0.137. The molecule has 128 heavy (non-hydrogen) atoms. The van der Waals surface area contributed by atoms with Crippen LogP contribution in [0.1, 0.15) is 108 Å². The molecule has 0 aliphatic rings. The van der Waals surface area contributed by atoms with Gasteiger partial charge in [-0.1, -0.05) is 48.5 Å². The second-order valence-electron chi connectivity index (χ2n) is 29.9. The lowest BCUT2D eigenvalue weighted by Crippen LogP contribution is -2.62. The van der Waals surface area contributed by atoms with Crippen LogP contribution in [0.5, 0.6) is 5.75 Å². The lowest BCUT2D eigenvalue weighted by atomic mass is 10.0. The maximum atomic E-state index is 15.3. The number of guanidine groups is 1. The van der Waals surface area contributed by atoms with Crippen LogP contribution in [0, 0.1) is 5.41 Å². The van der Waals surface area contributed by atoms with Crippen molar-refractivity contribution in [3.05, 3.63) is 102 Å². The molecule has 0 saturated carbocycles. The molecule has 0 aliphatic heterocycles. The zero-order chi connectivity index (χ0) is 94.7. The summed E-state index contributed by atoms with van der Waals surface area (Å²) >= 11 is 8.47. The number of benzene rings is 3. The quantitative estimate of drug-likeness (QED) is 0.00744. The summed E-state index contributed by atoms with van der Waals surface area (Å²) < 4.78 is 5.28. The summed E-state index contributed by atoms with van der Waals surface area (Å²) in [4.78, 5) is 252. The van der Waals surface area contributed by atoms with Crippen molar-refractivity contribution in [3.63, 3.8) is 0 Å². The first-order valence-electron chi connectivity index (χ1n) is 41.0. The number of aliphatic hydroxyl groups is 1. The highest BCUT2D eigenvalue weighted by Crippen LogP contribution is 2.23. The van der Waals surface area contributed by atoms with Crippen LogP contribution < -0.4 is 120 Å². The Bertz CT molecular complexity index is 4690. The number of phenols is 1. The number of aromatic hydroxyl groups is 1. The molecule has 2 heterocycles. The predicted molar refractivity (Wildman–Crippen MR) is 471 cm³/mol. The van der Waals surface area contributed by atoms with E-state index in [2.05, 4.69) is 115 Å². The first kappa shape index (κ1) is 105. The molecular weight excluding hydrogens is 1710 g/mol. The third-order valence-corrected chi connectivity index (χ3v) is 20.4. The van der Waals surface area contributed by atoms with Gasteiger partial charge in [0.25, 0.3) is 0 Å². The van der Waals surface area contributed by atoms with E-state index in [4.69, 9.17) is 50.3 Å². The van der Waals surface area contributed by atoms with Gasteiger partial charge in [0.15, 0.2) is 5.96 Å². The van der Waals surface area contributed by atoms with E-state index in [0.717, 1.165) is 13.8 Å². The molecule has 0 bridgehead atoms. The van der Waals surface area contributed by atoms with Crippen molar-refractivity contribution in [1.82, 2.24) is 89.7 Å². The van der Waals surface area contributed by atoms with Crippen LogP contribution in [-0.4, -0.2) is 269 Å². The summed E-state index contributed by atoms with van der Waals surface area (Å²) in [5, 5.41) is 67.6. The number of nitrogens with two attached hydrogens (primary N) is 7. The topological polar surface area (TPSA) is 775 Å². The predicted octanol–water partition coefficient (Wildman–Crippen LogP) is -8.27. The molecule has 0 aliphatic carbocycles. The number of aromatic nitrogens is 2. The minimum atomic E-state index is -1.93. The van der Waals surface area contributed by atoms with Gasteiger partial charge >= 0.3 is 0 Å². The Morgan fingerprint density at radius 2 is 0.852 bits per heavy atom. The third-order valence-electron chi connectivity index (χ3n) is 19.7. The molecule has 0 radical (unpaired) electrons. The van der Waals surface area contributed by atoms with Gasteiger partial charge in [0.05, 0.1) is 25.7 Å². The number of unbranched alkanes of at least 4 members (excludes halogenated alkanes) is 1. The number of phenolic OH excluding ortho intramolecular Hbond substituents is 1. The molecule has 5 rings (SSSR count). The molecule has 48 heteroatoms. The van der Waals surface area contributed by atoms with Gasteiger partial charge in [0.1, 0.15) is 84.9 Å². The Morgan fingerprint density at radius 1 is 0.430 bits per heavy atom. The number of carbonyl (C=O) groups excluding carboxylic acids is 18. The van der Waals surface area contributed by atoms with E-state index in [1.54, 1.807) is 54.7 Å². The molecule has 2 aromatic heterocycles. The highest BCUT2D eigenvalue weighted by atomic mass is 32.1. The zero-order valence-electron chi connectivity index (χ0n) is 70.6. The van der Waals surface area contributed by atoms with E-state index >= 15 is 9.59 Å². The Labute approximate surface area is 746 Å². The Morgan fingerprint density at radius 3 is 1.31 bits per heavy atom. The maximum Gasteiger partial charge on any atom is 0.246 e. The Hall–Kier alpha value is -13.2. The number of ether oxygens (including phenoxy) is 1. The Kier molecular flexibility index (Phi) is 45.0. The largest absolute Gasteiger partial charge is 0.508 e. The van der Waals surface area contributed by atoms with Crippen LogP contribution in [0.2, 0.25) is 0 Å². The van der Waals surface area contributed by atoms with Gasteiger partial charge in [-0.05, 0) is 119 Å². The average molecular weight is 1830 g/mol. The molecule has 46 nitrogen and oxygen atoms in total. The smallest absolute Gasteiger partial charge is 0.246 e. The fourth-order valence-corrected chi connectivity index (χ4v) is 13.5. The van der Waals surface area contributed by atoms with Gasteiger partial charge in [0, 0.05) is 97.8 Å². The van der Waals surface area contributed by atoms with Crippen molar-refractivity contribution in [1.29, 1.82) is 5.41 Å². The summed E-state index contributed by atoms with van der Waals surface area (Å²) in [6.45, 7) is 0.929. The molecule has 5 aromatic rings. The van der Waals surface area contributed by atoms with Gasteiger partial charge in [0.2, 0.25) is 106 Å². The van der Waals surface area contributed by atoms with E-state index in [1.807, 2.05) is 0 Å². The van der Waals surface area contributed by atoms with Crippen LogP contribution in [0.25, 0.3) is 21.8 Å². The number of fused-ring (bicyclic) bond motifs is 2. The number of primary amides is 4. The number of carbonyl (C=O) groups is 18. The van der Waals surface area contributed by atoms with Gasteiger partial charge < -0.3 is 145 Å². The average Bonchev–Trinajstić information content (AvgIpc) is 1.66. The van der Waals surface area contributed by atoms with Crippen LogP contribution >= 0.6 is 25.3 Å². The molecule has 0 fully saturated rings. The Balaban J connectivity index is 1.43. The number of thiol groups is 2. The number of para-hydroxylation sites is 2. The molecule has 700 valence electrons. The summed E-state index contributed by atoms with van der Waals surface area (Å²) in [6.07, 6.45) is -1.76. The van der Waals surface area contributed by atoms with Gasteiger partial charge in [-0.3, -0.25) is 91.7 Å². The van der Waals surface area contributed by atoms with Crippen molar-refractivity contribution in [2.45, 2.75) is 189 Å². The molecule has 34 N–H and O–H groups in total. The van der Waals surface area contributed by atoms with Crippen molar-refractivity contribution >= 4 is 159 Å². The number of amides is 18. The van der Waals surface area contributed by atoms with Gasteiger partial charge in [-0.25, -0.2) is 0 Å². The van der Waals surface area contributed by atoms with Crippen molar-refractivity contribution in [2.24, 2.45) is 40.1 Å². The van der Waals surface area contributed by atoms with Crippen LogP contribution in [0.15, 0.2) is 85.2 Å². The zero-order valence-corrected chi connectivity index (χ0v) is 72.4. The monoisotopic (exact) mass is 1830 g/mol. The number of H-pyrrole nitrogens is 2. The van der Waals surface area contributed by atoms with Crippen molar-refractivity contribution in [2.75, 3.05) is 57.4 Å². The first-order chi connectivity index (χ1) is 60.8. The second kappa shape index (κ2) is 54.6. The number of hydrogen-bond acceptors (Lipinski definition) is 26. The second-order valence-corrected chi connectivity index (χ2v) is 30.6. The fraction of sp³-hybridized carbons (Fsp3) is 0.487. The summed E-state index contributed by atoms with van der Waals surface area (Å²) in [6, 6.07) is -0.409. The van der Waals surface area contributed by atoms with Crippen LogP contribution in [-0.2, 0) is 110 Å². The number of nitrogens with one attached hydrogen (secondary N) is 18. The van der Waals surface area contributed by atoms with E-state index in [1.165, 1.54) is 30.5 Å². The minimum absolute atomic E-state index is 0.0113. The van der Waals surface area contributed by atoms with Crippen LogP contribution in [0.3, 0.4) is 0 Å². The first-order valence-corrected chi connectivity index (χ1v) is 42.2. The number of hydrogen-bond donors (Lipinski definition) is 29. The minimum Gasteiger partial charge on any atom is -0.508 e. The van der Waals surface area contributed by atoms with E-state index in [0.29, 0.717) is 57.9 Å². The molecular formula is C80H117N25O21S2. The third kappa shape index (κ3) is 36.8. The SMILES string of the molecule is CC(=O)N[C@@H](CS)C(=O)N[C@@H](CCC(N)=O)C(=O)N[C@H](C(=O)N[C@@H](Cc1c[nH]c2ccccc12)C(=O)N[C@@H](CCC(N)=O)C(=O)N[C@@H](CS)C(=O)N[C@@H](Cc1ccc(O)cc1)C(=O)N[C@@H](Cc1c[nH]c2ccccc12)C(=O)N[C@@H](CCCNC(=N)N)C(=O)N[C@@H](CCCN)C(=O)N[C@@H](CC(N)=O)C(=O)NCC(=O)NCCOCC(=O)N[C@H](CCCCN)C(N)=O)[C@@H](C)O. The summed E-state index contributed by atoms with van der Waals surface area (Å²) in [5.74, 6) is -19.2. The summed E-state index contributed by atoms with van der Waals surface area (Å²) in [5.41, 5.74) is 41.1. The highest BCUT2D eigenvalue weighted by Gasteiger charge is 2.39. The summed E-state index contributed by atoms with van der Waals surface area (Å²) in [7, 11) is 0. The number of aliphatic hydroxyl groups excluding tert-OH is 1. The lowest BCUT2D eigenvalue weighted by Gasteiger charge is -2.29. The molecule has 3 aromatic carbocycles. The molecule has 0 spiro atoms. The molecule has 0 saturated heterocycles.